The Bertz CT molecular complexity index is 524. The van der Waals surface area contributed by atoms with E-state index in [4.69, 9.17) is 4.74 Å². The normalized spacial score (nSPS) is 17.9. The van der Waals surface area contributed by atoms with Crippen molar-refractivity contribution in [3.05, 3.63) is 23.8 Å². The van der Waals surface area contributed by atoms with E-state index in [2.05, 4.69) is 10.6 Å². The summed E-state index contributed by atoms with van der Waals surface area (Å²) in [7, 11) is 0. The number of urea groups is 1. The Hall–Kier alpha value is -2.08. The highest BCUT2D eigenvalue weighted by molar-refractivity contribution is 6.00. The predicted octanol–water partition coefficient (Wildman–Crippen LogP) is 1.05. The first-order valence-corrected chi connectivity index (χ1v) is 6.29. The largest absolute Gasteiger partial charge is 0.378 e. The first-order chi connectivity index (χ1) is 9.22. The third kappa shape index (κ3) is 2.53. The summed E-state index contributed by atoms with van der Waals surface area (Å²) in [6.07, 6.45) is 0.372. The van der Waals surface area contributed by atoms with Gasteiger partial charge in [-0.25, -0.2) is 4.79 Å². The lowest BCUT2D eigenvalue weighted by Gasteiger charge is -2.27. The number of rotatable bonds is 1. The lowest BCUT2D eigenvalue weighted by atomic mass is 10.1. The molecule has 0 atom stereocenters. The van der Waals surface area contributed by atoms with Crippen LogP contribution in [0.3, 0.4) is 0 Å². The number of amides is 3. The number of ether oxygens (including phenoxy) is 1. The molecule has 2 aliphatic heterocycles. The summed E-state index contributed by atoms with van der Waals surface area (Å²) in [5.41, 5.74) is 2.46. The van der Waals surface area contributed by atoms with Crippen LogP contribution in [0.15, 0.2) is 18.2 Å². The highest BCUT2D eigenvalue weighted by Crippen LogP contribution is 2.26. The Morgan fingerprint density at radius 3 is 2.89 bits per heavy atom. The van der Waals surface area contributed by atoms with Crippen LogP contribution in [0.4, 0.5) is 16.2 Å². The molecule has 6 nitrogen and oxygen atoms in total. The van der Waals surface area contributed by atoms with Crippen molar-refractivity contribution in [2.75, 3.05) is 36.9 Å². The van der Waals surface area contributed by atoms with Gasteiger partial charge in [-0.3, -0.25) is 4.79 Å². The molecule has 1 aromatic carbocycles. The minimum absolute atomic E-state index is 0.00773. The second-order valence-electron chi connectivity index (χ2n) is 4.63. The van der Waals surface area contributed by atoms with Gasteiger partial charge in [-0.15, -0.1) is 0 Å². The van der Waals surface area contributed by atoms with Crippen LogP contribution in [0, 0.1) is 0 Å². The summed E-state index contributed by atoms with van der Waals surface area (Å²) in [4.78, 5) is 25.0. The van der Waals surface area contributed by atoms with E-state index in [0.29, 0.717) is 38.4 Å². The van der Waals surface area contributed by atoms with Crippen LogP contribution in [-0.2, 0) is 16.0 Å². The summed E-state index contributed by atoms with van der Waals surface area (Å²) in [6.45, 7) is 2.37. The van der Waals surface area contributed by atoms with Gasteiger partial charge < -0.3 is 20.3 Å². The highest BCUT2D eigenvalue weighted by atomic mass is 16.5. The zero-order valence-electron chi connectivity index (χ0n) is 10.4. The monoisotopic (exact) mass is 261 g/mol. The molecule has 2 N–H and O–H groups in total. The Balaban J connectivity index is 1.68. The van der Waals surface area contributed by atoms with Crippen molar-refractivity contribution < 1.29 is 14.3 Å². The molecule has 0 aromatic heterocycles. The Morgan fingerprint density at radius 1 is 1.32 bits per heavy atom. The Kier molecular flexibility index (Phi) is 3.08. The van der Waals surface area contributed by atoms with Crippen molar-refractivity contribution in [1.29, 1.82) is 0 Å². The molecule has 0 radical (unpaired) electrons. The standard InChI is InChI=1S/C13H15N3O3/c17-12-8-9-7-10(1-2-11(9)15-12)14-13(18)16-3-5-19-6-4-16/h1-2,7H,3-6,8H2,(H,14,18)(H,15,17). The molecule has 3 amide bonds. The topological polar surface area (TPSA) is 70.7 Å². The number of anilines is 2. The van der Waals surface area contributed by atoms with Gasteiger partial charge in [-0.2, -0.15) is 0 Å². The molecule has 2 heterocycles. The second kappa shape index (κ2) is 4.89. The molecule has 6 heteroatoms. The van der Waals surface area contributed by atoms with Gasteiger partial charge in [0.05, 0.1) is 19.6 Å². The van der Waals surface area contributed by atoms with Crippen LogP contribution < -0.4 is 10.6 Å². The summed E-state index contributed by atoms with van der Waals surface area (Å²) < 4.78 is 5.20. The van der Waals surface area contributed by atoms with E-state index in [1.54, 1.807) is 11.0 Å². The smallest absolute Gasteiger partial charge is 0.321 e. The number of fused-ring (bicyclic) bond motifs is 1. The van der Waals surface area contributed by atoms with Crippen LogP contribution in [0.2, 0.25) is 0 Å². The van der Waals surface area contributed by atoms with Crippen molar-refractivity contribution in [2.24, 2.45) is 0 Å². The first-order valence-electron chi connectivity index (χ1n) is 6.29. The van der Waals surface area contributed by atoms with E-state index in [1.165, 1.54) is 0 Å². The third-order valence-corrected chi connectivity index (χ3v) is 3.28. The van der Waals surface area contributed by atoms with E-state index in [-0.39, 0.29) is 11.9 Å². The van der Waals surface area contributed by atoms with Gasteiger partial charge >= 0.3 is 6.03 Å². The predicted molar refractivity (Wildman–Crippen MR) is 70.2 cm³/mol. The van der Waals surface area contributed by atoms with Gasteiger partial charge in [0, 0.05) is 24.5 Å². The SMILES string of the molecule is O=C1Cc2cc(NC(=O)N3CCOCC3)ccc2N1. The molecule has 1 fully saturated rings. The van der Waals surface area contributed by atoms with Gasteiger partial charge in [0.25, 0.3) is 0 Å². The summed E-state index contributed by atoms with van der Waals surface area (Å²) in [5, 5.41) is 5.61. The number of carbonyl (C=O) groups is 2. The van der Waals surface area contributed by atoms with Crippen LogP contribution in [-0.4, -0.2) is 43.1 Å². The fourth-order valence-corrected chi connectivity index (χ4v) is 2.28. The molecule has 2 aliphatic rings. The van der Waals surface area contributed by atoms with Gasteiger partial charge in [-0.05, 0) is 23.8 Å². The number of morpholine rings is 1. The van der Waals surface area contributed by atoms with Gasteiger partial charge in [0.15, 0.2) is 0 Å². The minimum atomic E-state index is -0.125. The quantitative estimate of drug-likeness (QED) is 0.793. The van der Waals surface area contributed by atoms with Crippen LogP contribution in [0.5, 0.6) is 0 Å². The number of nitrogens with one attached hydrogen (secondary N) is 2. The maximum atomic E-state index is 12.0. The number of benzene rings is 1. The average molecular weight is 261 g/mol. The zero-order chi connectivity index (χ0) is 13.2. The number of hydrogen-bond donors (Lipinski definition) is 2. The molecule has 3 rings (SSSR count). The van der Waals surface area contributed by atoms with Crippen LogP contribution in [0.1, 0.15) is 5.56 Å². The maximum Gasteiger partial charge on any atom is 0.321 e. The summed E-state index contributed by atoms with van der Waals surface area (Å²) in [5.74, 6) is -0.00773. The fourth-order valence-electron chi connectivity index (χ4n) is 2.28. The molecule has 19 heavy (non-hydrogen) atoms. The third-order valence-electron chi connectivity index (χ3n) is 3.28. The van der Waals surface area contributed by atoms with E-state index >= 15 is 0 Å². The zero-order valence-corrected chi connectivity index (χ0v) is 10.4. The van der Waals surface area contributed by atoms with Gasteiger partial charge in [0.2, 0.25) is 5.91 Å². The minimum Gasteiger partial charge on any atom is -0.378 e. The molecular weight excluding hydrogens is 246 g/mol. The molecule has 1 saturated heterocycles. The summed E-state index contributed by atoms with van der Waals surface area (Å²) in [6, 6.07) is 5.32. The van der Waals surface area contributed by atoms with E-state index in [0.717, 1.165) is 11.3 Å². The Morgan fingerprint density at radius 2 is 2.11 bits per heavy atom. The second-order valence-corrected chi connectivity index (χ2v) is 4.63. The van der Waals surface area contributed by atoms with Crippen molar-refractivity contribution in [3.8, 4) is 0 Å². The molecule has 1 aromatic rings. The highest BCUT2D eigenvalue weighted by Gasteiger charge is 2.20. The molecule has 0 spiro atoms. The molecule has 0 bridgehead atoms. The molecule has 0 aliphatic carbocycles. The van der Waals surface area contributed by atoms with Crippen molar-refractivity contribution in [3.63, 3.8) is 0 Å². The number of carbonyl (C=O) groups excluding carboxylic acids is 2. The van der Waals surface area contributed by atoms with E-state index < -0.39 is 0 Å². The van der Waals surface area contributed by atoms with Gasteiger partial charge in [0.1, 0.15) is 0 Å². The molecular formula is C13H15N3O3. The number of hydrogen-bond acceptors (Lipinski definition) is 3. The lowest BCUT2D eigenvalue weighted by Crippen LogP contribution is -2.43. The Labute approximate surface area is 110 Å². The van der Waals surface area contributed by atoms with E-state index in [1.807, 2.05) is 12.1 Å². The lowest BCUT2D eigenvalue weighted by molar-refractivity contribution is -0.115. The van der Waals surface area contributed by atoms with Crippen LogP contribution in [0.25, 0.3) is 0 Å². The van der Waals surface area contributed by atoms with E-state index in [9.17, 15) is 9.59 Å². The fraction of sp³-hybridized carbons (Fsp3) is 0.385. The molecule has 0 saturated carbocycles. The average Bonchev–Trinajstić information content (AvgIpc) is 2.79. The van der Waals surface area contributed by atoms with Crippen molar-refractivity contribution in [2.45, 2.75) is 6.42 Å². The summed E-state index contributed by atoms with van der Waals surface area (Å²) >= 11 is 0. The maximum absolute atomic E-state index is 12.0. The van der Waals surface area contributed by atoms with Crippen LogP contribution >= 0.6 is 0 Å². The van der Waals surface area contributed by atoms with Crippen molar-refractivity contribution >= 4 is 23.3 Å². The van der Waals surface area contributed by atoms with Gasteiger partial charge in [-0.1, -0.05) is 0 Å². The van der Waals surface area contributed by atoms with Crippen molar-refractivity contribution in [1.82, 2.24) is 4.90 Å². The first kappa shape index (κ1) is 12.0. The molecule has 0 unspecified atom stereocenters. The number of nitrogens with zero attached hydrogens (tertiary/aromatic N) is 1. The molecule has 100 valence electrons.